The number of hydrogen-bond acceptors (Lipinski definition) is 6. The van der Waals surface area contributed by atoms with Crippen LogP contribution in [0.4, 0.5) is 22.7 Å². The number of rotatable bonds is 6. The largest absolute Gasteiger partial charge is 0.491 e. The third kappa shape index (κ3) is 4.19. The van der Waals surface area contributed by atoms with Crippen LogP contribution in [0.15, 0.2) is 36.4 Å². The number of aliphatic hydroxyl groups is 1. The van der Waals surface area contributed by atoms with Crippen LogP contribution in [-0.4, -0.2) is 18.3 Å². The molecular formula is C15H20N4O2. The Bertz CT molecular complexity index is 617. The molecule has 0 bridgehead atoms. The van der Waals surface area contributed by atoms with Crippen molar-refractivity contribution in [1.29, 1.82) is 0 Å². The van der Waals surface area contributed by atoms with Crippen molar-refractivity contribution in [3.8, 4) is 5.75 Å². The number of benzene rings is 2. The molecule has 112 valence electrons. The third-order valence-electron chi connectivity index (χ3n) is 2.94. The van der Waals surface area contributed by atoms with Gasteiger partial charge >= 0.3 is 0 Å². The minimum absolute atomic E-state index is 0.0443. The predicted molar refractivity (Wildman–Crippen MR) is 86.0 cm³/mol. The van der Waals surface area contributed by atoms with Crippen molar-refractivity contribution < 1.29 is 9.84 Å². The monoisotopic (exact) mass is 288 g/mol. The van der Waals surface area contributed by atoms with Gasteiger partial charge in [-0.1, -0.05) is 0 Å². The lowest BCUT2D eigenvalue weighted by atomic mass is 10.1. The van der Waals surface area contributed by atoms with Gasteiger partial charge in [0.25, 0.3) is 0 Å². The Hall–Kier alpha value is -2.60. The molecule has 0 aliphatic carbocycles. The average Bonchev–Trinajstić information content (AvgIpc) is 2.45. The van der Waals surface area contributed by atoms with E-state index < -0.39 is 0 Å². The highest BCUT2D eigenvalue weighted by molar-refractivity contribution is 5.61. The van der Waals surface area contributed by atoms with Gasteiger partial charge in [0.05, 0.1) is 6.61 Å². The number of nitrogens with one attached hydrogen (secondary N) is 1. The Balaban J connectivity index is 2.08. The zero-order valence-corrected chi connectivity index (χ0v) is 11.7. The summed E-state index contributed by atoms with van der Waals surface area (Å²) in [6.45, 7) is 0.711. The molecule has 0 aliphatic heterocycles. The van der Waals surface area contributed by atoms with Gasteiger partial charge in [-0.3, -0.25) is 0 Å². The summed E-state index contributed by atoms with van der Waals surface area (Å²) in [6, 6.07) is 10.7. The Morgan fingerprint density at radius 3 is 2.57 bits per heavy atom. The number of anilines is 4. The van der Waals surface area contributed by atoms with Crippen LogP contribution in [-0.2, 0) is 6.54 Å². The first-order valence-corrected chi connectivity index (χ1v) is 6.60. The maximum atomic E-state index is 8.78. The highest BCUT2D eigenvalue weighted by Crippen LogP contribution is 2.24. The number of nitrogen functional groups attached to an aromatic ring is 3. The molecule has 0 saturated heterocycles. The molecule has 0 heterocycles. The first kappa shape index (κ1) is 14.8. The minimum Gasteiger partial charge on any atom is -0.491 e. The van der Waals surface area contributed by atoms with E-state index in [-0.39, 0.29) is 13.2 Å². The normalized spacial score (nSPS) is 10.3. The molecule has 2 aromatic carbocycles. The summed E-state index contributed by atoms with van der Waals surface area (Å²) < 4.78 is 5.36. The van der Waals surface area contributed by atoms with E-state index in [9.17, 15) is 0 Å². The van der Waals surface area contributed by atoms with Crippen LogP contribution in [0.2, 0.25) is 0 Å². The molecular weight excluding hydrogens is 268 g/mol. The molecule has 0 amide bonds. The van der Waals surface area contributed by atoms with Crippen molar-refractivity contribution in [2.24, 2.45) is 0 Å². The lowest BCUT2D eigenvalue weighted by Crippen LogP contribution is -2.06. The van der Waals surface area contributed by atoms with Crippen LogP contribution in [0.25, 0.3) is 0 Å². The van der Waals surface area contributed by atoms with Crippen LogP contribution in [0.3, 0.4) is 0 Å². The SMILES string of the molecule is Nc1cc(NCc2cc(N)ccc2N)cc(OCCO)c1. The van der Waals surface area contributed by atoms with Crippen molar-refractivity contribution in [3.63, 3.8) is 0 Å². The fourth-order valence-electron chi connectivity index (χ4n) is 1.95. The highest BCUT2D eigenvalue weighted by Gasteiger charge is 2.03. The number of hydrogen-bond donors (Lipinski definition) is 5. The number of aliphatic hydroxyl groups excluding tert-OH is 1. The quantitative estimate of drug-likeness (QED) is 0.513. The summed E-state index contributed by atoms with van der Waals surface area (Å²) in [5.41, 5.74) is 21.1. The van der Waals surface area contributed by atoms with Gasteiger partial charge < -0.3 is 32.4 Å². The van der Waals surface area contributed by atoms with Crippen LogP contribution in [0.5, 0.6) is 5.75 Å². The molecule has 0 spiro atoms. The van der Waals surface area contributed by atoms with Crippen LogP contribution >= 0.6 is 0 Å². The second-order valence-corrected chi connectivity index (χ2v) is 4.67. The van der Waals surface area contributed by atoms with E-state index in [1.54, 1.807) is 24.3 Å². The van der Waals surface area contributed by atoms with E-state index in [0.29, 0.717) is 29.4 Å². The molecule has 2 rings (SSSR count). The first-order chi connectivity index (χ1) is 10.1. The molecule has 0 radical (unpaired) electrons. The molecule has 6 heteroatoms. The second-order valence-electron chi connectivity index (χ2n) is 4.67. The number of nitrogens with two attached hydrogens (primary N) is 3. The predicted octanol–water partition coefficient (Wildman–Crippen LogP) is 1.42. The third-order valence-corrected chi connectivity index (χ3v) is 2.94. The zero-order chi connectivity index (χ0) is 15.2. The zero-order valence-electron chi connectivity index (χ0n) is 11.7. The van der Waals surface area contributed by atoms with Crippen molar-refractivity contribution in [2.45, 2.75) is 6.54 Å². The van der Waals surface area contributed by atoms with Gasteiger partial charge in [-0.2, -0.15) is 0 Å². The van der Waals surface area contributed by atoms with E-state index in [0.717, 1.165) is 11.3 Å². The molecule has 2 aromatic rings. The highest BCUT2D eigenvalue weighted by atomic mass is 16.5. The Kier molecular flexibility index (Phi) is 4.73. The van der Waals surface area contributed by atoms with E-state index in [1.807, 2.05) is 12.1 Å². The lowest BCUT2D eigenvalue weighted by Gasteiger charge is -2.12. The fourth-order valence-corrected chi connectivity index (χ4v) is 1.95. The Labute approximate surface area is 123 Å². The topological polar surface area (TPSA) is 120 Å². The van der Waals surface area contributed by atoms with Gasteiger partial charge in [0, 0.05) is 41.4 Å². The maximum absolute atomic E-state index is 8.78. The maximum Gasteiger partial charge on any atom is 0.123 e. The molecule has 0 aliphatic rings. The van der Waals surface area contributed by atoms with Gasteiger partial charge in [0.1, 0.15) is 12.4 Å². The van der Waals surface area contributed by atoms with E-state index in [2.05, 4.69) is 5.32 Å². The van der Waals surface area contributed by atoms with E-state index >= 15 is 0 Å². The second kappa shape index (κ2) is 6.71. The summed E-state index contributed by atoms with van der Waals surface area (Å²) in [6.07, 6.45) is 0. The molecule has 21 heavy (non-hydrogen) atoms. The summed E-state index contributed by atoms with van der Waals surface area (Å²) in [5.74, 6) is 0.604. The minimum atomic E-state index is -0.0443. The summed E-state index contributed by atoms with van der Waals surface area (Å²) in [7, 11) is 0. The van der Waals surface area contributed by atoms with Crippen LogP contribution < -0.4 is 27.3 Å². The standard InChI is InChI=1S/C15H20N4O2/c16-11-1-2-15(18)10(5-11)9-19-13-6-12(17)7-14(8-13)21-4-3-20/h1-2,5-8,19-20H,3-4,9,16-18H2. The summed E-state index contributed by atoms with van der Waals surface area (Å²) >= 11 is 0. The summed E-state index contributed by atoms with van der Waals surface area (Å²) in [5, 5.41) is 12.0. The molecule has 0 fully saturated rings. The molecule has 0 aromatic heterocycles. The van der Waals surface area contributed by atoms with Crippen LogP contribution in [0.1, 0.15) is 5.56 Å². The van der Waals surface area contributed by atoms with Gasteiger partial charge in [-0.05, 0) is 29.8 Å². The van der Waals surface area contributed by atoms with E-state index in [1.165, 1.54) is 0 Å². The van der Waals surface area contributed by atoms with E-state index in [4.69, 9.17) is 27.0 Å². The molecule has 6 nitrogen and oxygen atoms in total. The fraction of sp³-hybridized carbons (Fsp3) is 0.200. The smallest absolute Gasteiger partial charge is 0.123 e. The van der Waals surface area contributed by atoms with Crippen LogP contribution in [0, 0.1) is 0 Å². The Morgan fingerprint density at radius 1 is 1.00 bits per heavy atom. The first-order valence-electron chi connectivity index (χ1n) is 6.60. The molecule has 8 N–H and O–H groups in total. The van der Waals surface area contributed by atoms with Crippen molar-refractivity contribution in [2.75, 3.05) is 35.7 Å². The van der Waals surface area contributed by atoms with Crippen molar-refractivity contribution in [3.05, 3.63) is 42.0 Å². The van der Waals surface area contributed by atoms with Crippen molar-refractivity contribution >= 4 is 22.7 Å². The Morgan fingerprint density at radius 2 is 1.81 bits per heavy atom. The van der Waals surface area contributed by atoms with Gasteiger partial charge in [0.2, 0.25) is 0 Å². The van der Waals surface area contributed by atoms with Gasteiger partial charge in [-0.15, -0.1) is 0 Å². The molecule has 0 saturated carbocycles. The van der Waals surface area contributed by atoms with Gasteiger partial charge in [0.15, 0.2) is 0 Å². The molecule has 0 atom stereocenters. The average molecular weight is 288 g/mol. The van der Waals surface area contributed by atoms with Gasteiger partial charge in [-0.25, -0.2) is 0 Å². The van der Waals surface area contributed by atoms with Crippen molar-refractivity contribution in [1.82, 2.24) is 0 Å². The number of ether oxygens (including phenoxy) is 1. The summed E-state index contributed by atoms with van der Waals surface area (Å²) in [4.78, 5) is 0. The lowest BCUT2D eigenvalue weighted by molar-refractivity contribution is 0.201. The molecule has 0 unspecified atom stereocenters.